The minimum absolute atomic E-state index is 0.0105. The number of hydrogen-bond donors (Lipinski definition) is 3. The molecule has 0 spiro atoms. The number of Topliss-reactive ketones (excluding diaryl/α,β-unsaturated/α-hetero) is 1. The molecule has 42 heavy (non-hydrogen) atoms. The lowest BCUT2D eigenvalue weighted by Crippen LogP contribution is -2.71. The van der Waals surface area contributed by atoms with Crippen LogP contribution in [-0.2, 0) is 4.79 Å². The van der Waals surface area contributed by atoms with Gasteiger partial charge in [0.15, 0.2) is 11.7 Å². The van der Waals surface area contributed by atoms with Gasteiger partial charge in [-0.05, 0) is 60.3 Å². The van der Waals surface area contributed by atoms with Crippen LogP contribution in [0, 0.1) is 10.8 Å². The molecule has 0 fully saturated rings. The fourth-order valence-electron chi connectivity index (χ4n) is 6.77. The number of carbonyl (C=O) groups is 1. The van der Waals surface area contributed by atoms with E-state index in [2.05, 4.69) is 79.5 Å². The van der Waals surface area contributed by atoms with Crippen molar-refractivity contribution in [1.82, 2.24) is 10.2 Å². The van der Waals surface area contributed by atoms with Gasteiger partial charge in [-0.15, -0.1) is 0 Å². The summed E-state index contributed by atoms with van der Waals surface area (Å²) in [4.78, 5) is 17.2. The van der Waals surface area contributed by atoms with Gasteiger partial charge in [0, 0.05) is 16.5 Å². The maximum absolute atomic E-state index is 14.7. The Balaban J connectivity index is 6.58. The van der Waals surface area contributed by atoms with Gasteiger partial charge < -0.3 is 11.1 Å². The Hall–Kier alpha value is -1.10. The highest BCUT2D eigenvalue weighted by Crippen LogP contribution is 2.41. The van der Waals surface area contributed by atoms with E-state index in [9.17, 15) is 4.79 Å². The molecule has 4 N–H and O–H groups in total. The van der Waals surface area contributed by atoms with Crippen LogP contribution >= 0.6 is 0 Å². The molecule has 0 aliphatic heterocycles. The molecule has 0 rings (SSSR count). The Morgan fingerprint density at radius 3 is 1.31 bits per heavy atom. The molecule has 0 saturated carbocycles. The van der Waals surface area contributed by atoms with Gasteiger partial charge in [-0.2, -0.15) is 0 Å². The minimum atomic E-state index is -0.494. The number of hydrogen-bond acceptors (Lipinski definition) is 3. The predicted octanol–water partition coefficient (Wildman–Crippen LogP) is 10.5. The Kier molecular flexibility index (Phi) is 20.2. The summed E-state index contributed by atoms with van der Waals surface area (Å²) in [6.45, 7) is 23.1. The molecule has 0 aliphatic rings. The topological polar surface area (TPSA) is 82.2 Å². The van der Waals surface area contributed by atoms with E-state index in [0.717, 1.165) is 38.5 Å². The van der Waals surface area contributed by atoms with Gasteiger partial charge in [0.25, 0.3) is 0 Å². The van der Waals surface area contributed by atoms with Crippen molar-refractivity contribution >= 4 is 11.7 Å². The molecule has 0 aromatic carbocycles. The average Bonchev–Trinajstić information content (AvgIpc) is 2.91. The van der Waals surface area contributed by atoms with Crippen molar-refractivity contribution in [1.29, 1.82) is 5.41 Å². The van der Waals surface area contributed by atoms with Crippen molar-refractivity contribution in [2.24, 2.45) is 11.1 Å². The Bertz CT molecular complexity index is 705. The highest BCUT2D eigenvalue weighted by molar-refractivity contribution is 5.86. The minimum Gasteiger partial charge on any atom is -0.370 e. The summed E-state index contributed by atoms with van der Waals surface area (Å²) in [5.74, 6) is 0.402. The molecule has 0 unspecified atom stereocenters. The van der Waals surface area contributed by atoms with Crippen molar-refractivity contribution in [2.75, 3.05) is 6.54 Å². The fraction of sp³-hybridized carbons (Fsp3) is 0.946. The summed E-state index contributed by atoms with van der Waals surface area (Å²) in [5.41, 5.74) is 4.62. The van der Waals surface area contributed by atoms with Crippen LogP contribution < -0.4 is 11.1 Å². The number of nitrogens with zero attached hydrogens (tertiary/aromatic N) is 1. The number of ketones is 1. The molecule has 0 amide bonds. The summed E-state index contributed by atoms with van der Waals surface area (Å²) in [6.07, 6.45) is 23.6. The Morgan fingerprint density at radius 1 is 0.619 bits per heavy atom. The summed E-state index contributed by atoms with van der Waals surface area (Å²) >= 11 is 0. The van der Waals surface area contributed by atoms with E-state index >= 15 is 0 Å². The maximum Gasteiger partial charge on any atom is 0.186 e. The fourth-order valence-corrected chi connectivity index (χ4v) is 6.77. The van der Waals surface area contributed by atoms with Crippen LogP contribution in [0.2, 0.25) is 0 Å². The third-order valence-electron chi connectivity index (χ3n) is 10.6. The lowest BCUT2D eigenvalue weighted by Gasteiger charge is -2.57. The molecule has 0 bridgehead atoms. The first-order valence-electron chi connectivity index (χ1n) is 18.1. The van der Waals surface area contributed by atoms with E-state index in [1.807, 2.05) is 0 Å². The lowest BCUT2D eigenvalue weighted by atomic mass is 9.72. The third-order valence-corrected chi connectivity index (χ3v) is 10.6. The zero-order valence-electron chi connectivity index (χ0n) is 30.3. The summed E-state index contributed by atoms with van der Waals surface area (Å²) in [5, 5.41) is 11.4. The van der Waals surface area contributed by atoms with Crippen LogP contribution in [0.1, 0.15) is 198 Å². The van der Waals surface area contributed by atoms with Crippen LogP contribution in [0.3, 0.4) is 0 Å². The summed E-state index contributed by atoms with van der Waals surface area (Å²) < 4.78 is 0. The SMILES string of the molecule is CCCCCCC(C)(CCCCCC)C(=O)CN(C(C)(CCCCCC)CCCCCC)C(C)(C)C(C)(C)NC(=N)N. The highest BCUT2D eigenvalue weighted by atomic mass is 16.1. The van der Waals surface area contributed by atoms with Gasteiger partial charge in [0.05, 0.1) is 12.1 Å². The quantitative estimate of drug-likeness (QED) is 0.0503. The van der Waals surface area contributed by atoms with Gasteiger partial charge in [0.2, 0.25) is 0 Å². The highest BCUT2D eigenvalue weighted by Gasteiger charge is 2.50. The second kappa shape index (κ2) is 20.8. The monoisotopic (exact) mass is 593 g/mol. The number of nitrogens with one attached hydrogen (secondary N) is 2. The summed E-state index contributed by atoms with van der Waals surface area (Å²) in [7, 11) is 0. The van der Waals surface area contributed by atoms with E-state index in [1.165, 1.54) is 89.9 Å². The van der Waals surface area contributed by atoms with Crippen molar-refractivity contribution in [3.8, 4) is 0 Å². The maximum atomic E-state index is 14.7. The molecule has 0 radical (unpaired) electrons. The first-order valence-corrected chi connectivity index (χ1v) is 18.1. The molecule has 0 aliphatic carbocycles. The zero-order chi connectivity index (χ0) is 32.3. The predicted molar refractivity (Wildman–Crippen MR) is 186 cm³/mol. The normalized spacial score (nSPS) is 13.1. The Labute approximate surface area is 263 Å². The van der Waals surface area contributed by atoms with Crippen molar-refractivity contribution < 1.29 is 4.79 Å². The molecule has 0 aromatic heterocycles. The van der Waals surface area contributed by atoms with E-state index < -0.39 is 11.1 Å². The number of rotatable bonds is 27. The smallest absolute Gasteiger partial charge is 0.186 e. The second-order valence-corrected chi connectivity index (χ2v) is 15.0. The number of nitrogens with two attached hydrogens (primary N) is 1. The molecule has 0 heterocycles. The van der Waals surface area contributed by atoms with E-state index in [1.54, 1.807) is 0 Å². The number of unbranched alkanes of at least 4 members (excludes halogenated alkanes) is 12. The van der Waals surface area contributed by atoms with Gasteiger partial charge in [-0.3, -0.25) is 15.1 Å². The lowest BCUT2D eigenvalue weighted by molar-refractivity contribution is -0.137. The van der Waals surface area contributed by atoms with Gasteiger partial charge in [0.1, 0.15) is 0 Å². The second-order valence-electron chi connectivity index (χ2n) is 15.0. The standard InChI is InChI=1S/C37H76N4O/c1-11-15-19-23-27-36(9,28-24-20-16-12-2)32(42)31-41(35(7,8)34(5,6)40-33(38)39)37(10,29-25-21-17-13-3)30-26-22-18-14-4/h11-31H2,1-10H3,(H4,38,39,40). The molecule has 5 nitrogen and oxygen atoms in total. The molecular weight excluding hydrogens is 516 g/mol. The van der Waals surface area contributed by atoms with Crippen molar-refractivity contribution in [2.45, 2.75) is 214 Å². The largest absolute Gasteiger partial charge is 0.370 e. The zero-order valence-corrected chi connectivity index (χ0v) is 30.3. The molecule has 0 atom stereocenters. The average molecular weight is 593 g/mol. The molecule has 0 aromatic rings. The number of carbonyl (C=O) groups excluding carboxylic acids is 1. The van der Waals surface area contributed by atoms with Gasteiger partial charge in [-0.1, -0.05) is 137 Å². The molecular formula is C37H76N4O. The Morgan fingerprint density at radius 2 is 0.976 bits per heavy atom. The van der Waals surface area contributed by atoms with Crippen LogP contribution in [0.4, 0.5) is 0 Å². The van der Waals surface area contributed by atoms with Crippen LogP contribution in [-0.4, -0.2) is 39.8 Å². The van der Waals surface area contributed by atoms with E-state index in [-0.39, 0.29) is 16.9 Å². The van der Waals surface area contributed by atoms with Gasteiger partial charge in [-0.25, -0.2) is 0 Å². The first-order chi connectivity index (χ1) is 19.7. The molecule has 0 saturated heterocycles. The first kappa shape index (κ1) is 40.9. The molecule has 5 heteroatoms. The molecule has 250 valence electrons. The third kappa shape index (κ3) is 14.1. The van der Waals surface area contributed by atoms with Crippen LogP contribution in [0.5, 0.6) is 0 Å². The summed E-state index contributed by atoms with van der Waals surface area (Å²) in [6, 6.07) is 0. The number of guanidine groups is 1. The van der Waals surface area contributed by atoms with E-state index in [4.69, 9.17) is 11.1 Å². The van der Waals surface area contributed by atoms with Gasteiger partial charge >= 0.3 is 0 Å². The van der Waals surface area contributed by atoms with Crippen molar-refractivity contribution in [3.05, 3.63) is 0 Å². The van der Waals surface area contributed by atoms with Crippen LogP contribution in [0.25, 0.3) is 0 Å². The van der Waals surface area contributed by atoms with Crippen LogP contribution in [0.15, 0.2) is 0 Å². The van der Waals surface area contributed by atoms with Crippen molar-refractivity contribution in [3.63, 3.8) is 0 Å². The van der Waals surface area contributed by atoms with E-state index in [0.29, 0.717) is 12.3 Å².